The predicted octanol–water partition coefficient (Wildman–Crippen LogP) is 4.31. The number of hydrogen-bond donors (Lipinski definition) is 1. The number of hydrogen-bond acceptors (Lipinski definition) is 4. The molecule has 2 aliphatic rings. The van der Waals surface area contributed by atoms with Crippen molar-refractivity contribution in [2.75, 3.05) is 31.1 Å². The van der Waals surface area contributed by atoms with Crippen LogP contribution in [0, 0.1) is 0 Å². The van der Waals surface area contributed by atoms with Crippen molar-refractivity contribution in [3.63, 3.8) is 0 Å². The Kier molecular flexibility index (Phi) is 5.56. The SMILES string of the molecule is O=C(NCC1CCCO1)c1cc(-c2ccccc2)c(N2CCCCC2)s1. The molecule has 0 bridgehead atoms. The van der Waals surface area contributed by atoms with E-state index < -0.39 is 0 Å². The summed E-state index contributed by atoms with van der Waals surface area (Å²) in [5.74, 6) is 0.0194. The van der Waals surface area contributed by atoms with Crippen LogP contribution in [0.15, 0.2) is 36.4 Å². The quantitative estimate of drug-likeness (QED) is 0.852. The first-order valence-electron chi connectivity index (χ1n) is 9.65. The Hall–Kier alpha value is -1.85. The molecule has 5 heteroatoms. The average Bonchev–Trinajstić information content (AvgIpc) is 3.37. The molecule has 2 saturated heterocycles. The molecule has 2 aromatic rings. The molecule has 4 nitrogen and oxygen atoms in total. The molecule has 1 N–H and O–H groups in total. The Morgan fingerprint density at radius 3 is 2.69 bits per heavy atom. The lowest BCUT2D eigenvalue weighted by Gasteiger charge is -2.28. The van der Waals surface area contributed by atoms with Crippen LogP contribution in [-0.4, -0.2) is 38.3 Å². The van der Waals surface area contributed by atoms with Crippen LogP contribution >= 0.6 is 11.3 Å². The minimum atomic E-state index is 0.0194. The van der Waals surface area contributed by atoms with Gasteiger partial charge in [0.15, 0.2) is 0 Å². The molecule has 26 heavy (non-hydrogen) atoms. The second-order valence-corrected chi connectivity index (χ2v) is 8.12. The summed E-state index contributed by atoms with van der Waals surface area (Å²) in [5, 5.41) is 4.30. The fourth-order valence-electron chi connectivity index (χ4n) is 3.75. The largest absolute Gasteiger partial charge is 0.376 e. The Morgan fingerprint density at radius 1 is 1.15 bits per heavy atom. The van der Waals surface area contributed by atoms with Crippen molar-refractivity contribution in [2.45, 2.75) is 38.2 Å². The van der Waals surface area contributed by atoms with Crippen molar-refractivity contribution >= 4 is 22.2 Å². The number of anilines is 1. The molecular weight excluding hydrogens is 344 g/mol. The Morgan fingerprint density at radius 2 is 1.96 bits per heavy atom. The number of nitrogens with one attached hydrogen (secondary N) is 1. The minimum Gasteiger partial charge on any atom is -0.376 e. The number of rotatable bonds is 5. The third-order valence-electron chi connectivity index (χ3n) is 5.18. The maximum atomic E-state index is 12.7. The van der Waals surface area contributed by atoms with Gasteiger partial charge in [-0.1, -0.05) is 30.3 Å². The highest BCUT2D eigenvalue weighted by Crippen LogP contribution is 2.40. The first-order chi connectivity index (χ1) is 12.8. The molecule has 1 atom stereocenters. The van der Waals surface area contributed by atoms with Gasteiger partial charge in [0, 0.05) is 31.8 Å². The van der Waals surface area contributed by atoms with E-state index in [9.17, 15) is 4.79 Å². The summed E-state index contributed by atoms with van der Waals surface area (Å²) in [7, 11) is 0. The first kappa shape index (κ1) is 17.6. The van der Waals surface area contributed by atoms with Gasteiger partial charge < -0.3 is 15.0 Å². The molecule has 0 saturated carbocycles. The standard InChI is InChI=1S/C21H26N2O2S/c24-20(22-15-17-10-7-13-25-17)19-14-18(16-8-3-1-4-9-16)21(26-19)23-11-5-2-6-12-23/h1,3-4,8-9,14,17H,2,5-7,10-13,15H2,(H,22,24). The summed E-state index contributed by atoms with van der Waals surface area (Å²) < 4.78 is 5.61. The van der Waals surface area contributed by atoms with E-state index in [0.29, 0.717) is 6.54 Å². The lowest BCUT2D eigenvalue weighted by Crippen LogP contribution is -2.31. The van der Waals surface area contributed by atoms with Gasteiger partial charge in [-0.3, -0.25) is 4.79 Å². The number of amides is 1. The molecule has 1 amide bonds. The van der Waals surface area contributed by atoms with Gasteiger partial charge in [0.2, 0.25) is 0 Å². The topological polar surface area (TPSA) is 41.6 Å². The second kappa shape index (κ2) is 8.23. The van der Waals surface area contributed by atoms with E-state index in [1.165, 1.54) is 35.4 Å². The van der Waals surface area contributed by atoms with E-state index in [1.54, 1.807) is 11.3 Å². The Bertz CT molecular complexity index is 732. The number of carbonyl (C=O) groups excluding carboxylic acids is 1. The highest BCUT2D eigenvalue weighted by Gasteiger charge is 2.22. The monoisotopic (exact) mass is 370 g/mol. The Labute approximate surface area is 159 Å². The molecule has 138 valence electrons. The van der Waals surface area contributed by atoms with Gasteiger partial charge in [-0.2, -0.15) is 0 Å². The van der Waals surface area contributed by atoms with E-state index in [-0.39, 0.29) is 12.0 Å². The van der Waals surface area contributed by atoms with E-state index in [0.717, 1.165) is 37.4 Å². The van der Waals surface area contributed by atoms with Crippen LogP contribution in [0.2, 0.25) is 0 Å². The second-order valence-electron chi connectivity index (χ2n) is 7.09. The van der Waals surface area contributed by atoms with Gasteiger partial charge in [-0.15, -0.1) is 11.3 Å². The summed E-state index contributed by atoms with van der Waals surface area (Å²) in [6, 6.07) is 12.5. The van der Waals surface area contributed by atoms with Crippen LogP contribution in [-0.2, 0) is 4.74 Å². The number of ether oxygens (including phenoxy) is 1. The number of benzene rings is 1. The van der Waals surface area contributed by atoms with Gasteiger partial charge in [0.1, 0.15) is 0 Å². The van der Waals surface area contributed by atoms with Crippen LogP contribution in [0.4, 0.5) is 5.00 Å². The van der Waals surface area contributed by atoms with E-state index in [1.807, 2.05) is 6.07 Å². The molecule has 3 heterocycles. The third-order valence-corrected chi connectivity index (χ3v) is 6.37. The zero-order chi connectivity index (χ0) is 17.8. The number of piperidine rings is 1. The number of carbonyl (C=O) groups is 1. The number of nitrogens with zero attached hydrogens (tertiary/aromatic N) is 1. The molecule has 1 aromatic carbocycles. The van der Waals surface area contributed by atoms with Gasteiger partial charge in [-0.05, 0) is 43.7 Å². The fourth-order valence-corrected chi connectivity index (χ4v) is 4.90. The highest BCUT2D eigenvalue weighted by atomic mass is 32.1. The molecule has 0 aliphatic carbocycles. The summed E-state index contributed by atoms with van der Waals surface area (Å²) in [6.07, 6.45) is 6.07. The lowest BCUT2D eigenvalue weighted by atomic mass is 10.1. The smallest absolute Gasteiger partial charge is 0.261 e. The van der Waals surface area contributed by atoms with Gasteiger partial charge in [0.25, 0.3) is 5.91 Å². The summed E-state index contributed by atoms with van der Waals surface area (Å²) >= 11 is 1.62. The van der Waals surface area contributed by atoms with Crippen LogP contribution in [0.3, 0.4) is 0 Å². The van der Waals surface area contributed by atoms with Crippen molar-refractivity contribution in [1.29, 1.82) is 0 Å². The maximum absolute atomic E-state index is 12.7. The summed E-state index contributed by atoms with van der Waals surface area (Å²) in [5.41, 5.74) is 2.36. The molecule has 0 radical (unpaired) electrons. The van der Waals surface area contributed by atoms with Crippen LogP contribution < -0.4 is 10.2 Å². The van der Waals surface area contributed by atoms with Crippen molar-refractivity contribution in [3.8, 4) is 11.1 Å². The maximum Gasteiger partial charge on any atom is 0.261 e. The fraction of sp³-hybridized carbons (Fsp3) is 0.476. The van der Waals surface area contributed by atoms with Gasteiger partial charge >= 0.3 is 0 Å². The van der Waals surface area contributed by atoms with E-state index in [2.05, 4.69) is 40.5 Å². The van der Waals surface area contributed by atoms with Gasteiger partial charge in [0.05, 0.1) is 16.0 Å². The van der Waals surface area contributed by atoms with Crippen LogP contribution in [0.1, 0.15) is 41.8 Å². The zero-order valence-electron chi connectivity index (χ0n) is 15.1. The molecule has 2 aliphatic heterocycles. The van der Waals surface area contributed by atoms with Crippen LogP contribution in [0.5, 0.6) is 0 Å². The highest BCUT2D eigenvalue weighted by molar-refractivity contribution is 7.18. The molecule has 0 spiro atoms. The molecule has 1 aromatic heterocycles. The zero-order valence-corrected chi connectivity index (χ0v) is 15.9. The predicted molar refractivity (Wildman–Crippen MR) is 107 cm³/mol. The third kappa shape index (κ3) is 3.94. The van der Waals surface area contributed by atoms with Crippen molar-refractivity contribution in [2.24, 2.45) is 0 Å². The molecule has 1 unspecified atom stereocenters. The van der Waals surface area contributed by atoms with Crippen LogP contribution in [0.25, 0.3) is 11.1 Å². The normalized spacial score (nSPS) is 20.3. The Balaban J connectivity index is 1.56. The molecular formula is C21H26N2O2S. The van der Waals surface area contributed by atoms with Gasteiger partial charge in [-0.25, -0.2) is 0 Å². The van der Waals surface area contributed by atoms with Crippen molar-refractivity contribution in [3.05, 3.63) is 41.3 Å². The average molecular weight is 371 g/mol. The molecule has 4 rings (SSSR count). The number of thiophene rings is 1. The molecule has 2 fully saturated rings. The van der Waals surface area contributed by atoms with E-state index in [4.69, 9.17) is 4.74 Å². The van der Waals surface area contributed by atoms with E-state index >= 15 is 0 Å². The summed E-state index contributed by atoms with van der Waals surface area (Å²) in [6.45, 7) is 3.59. The lowest BCUT2D eigenvalue weighted by molar-refractivity contribution is 0.0861. The minimum absolute atomic E-state index is 0.0194. The van der Waals surface area contributed by atoms with Crippen molar-refractivity contribution in [1.82, 2.24) is 5.32 Å². The van der Waals surface area contributed by atoms with Crippen molar-refractivity contribution < 1.29 is 9.53 Å². The first-order valence-corrected chi connectivity index (χ1v) is 10.5. The summed E-state index contributed by atoms with van der Waals surface area (Å²) in [4.78, 5) is 16.0.